The summed E-state index contributed by atoms with van der Waals surface area (Å²) in [6.45, 7) is 2.36. The van der Waals surface area contributed by atoms with Gasteiger partial charge in [0.15, 0.2) is 0 Å². The largest absolute Gasteiger partial charge is 0.0622 e. The number of fused-ring (bicyclic) bond motifs is 1. The molecule has 0 aliphatic rings. The van der Waals surface area contributed by atoms with Crippen LogP contribution in [-0.2, 0) is 11.8 Å². The molecule has 25 heavy (non-hydrogen) atoms. The zero-order valence-electron chi connectivity index (χ0n) is 14.5. The quantitative estimate of drug-likeness (QED) is 0.408. The lowest BCUT2D eigenvalue weighted by Crippen LogP contribution is -2.26. The fourth-order valence-corrected chi connectivity index (χ4v) is 3.81. The first-order chi connectivity index (χ1) is 12.3. The zero-order valence-corrected chi connectivity index (χ0v) is 14.5. The van der Waals surface area contributed by atoms with Crippen LogP contribution in [0.15, 0.2) is 103 Å². The molecule has 0 atom stereocenters. The molecule has 0 saturated carbocycles. The predicted molar refractivity (Wildman–Crippen MR) is 107 cm³/mol. The van der Waals surface area contributed by atoms with Gasteiger partial charge in [0, 0.05) is 5.41 Å². The molecule has 0 spiro atoms. The number of rotatable bonds is 4. The van der Waals surface area contributed by atoms with Crippen LogP contribution in [0.2, 0.25) is 0 Å². The molecule has 0 nitrogen and oxygen atoms in total. The van der Waals surface area contributed by atoms with Crippen LogP contribution in [-0.4, -0.2) is 0 Å². The topological polar surface area (TPSA) is 0 Å². The Labute approximate surface area is 149 Å². The molecule has 4 aromatic rings. The van der Waals surface area contributed by atoms with E-state index in [0.29, 0.717) is 0 Å². The maximum Gasteiger partial charge on any atom is 0.0215 e. The van der Waals surface area contributed by atoms with Crippen LogP contribution in [0, 0.1) is 0 Å². The Bertz CT molecular complexity index is 923. The van der Waals surface area contributed by atoms with Crippen molar-refractivity contribution in [3.05, 3.63) is 120 Å². The molecule has 0 N–H and O–H groups in total. The van der Waals surface area contributed by atoms with Crippen molar-refractivity contribution in [3.63, 3.8) is 0 Å². The number of hydrogen-bond donors (Lipinski definition) is 0. The van der Waals surface area contributed by atoms with E-state index in [1.807, 2.05) is 0 Å². The molecule has 122 valence electrons. The summed E-state index contributed by atoms with van der Waals surface area (Å²) in [5.41, 5.74) is 4.05. The molecule has 0 fully saturated rings. The van der Waals surface area contributed by atoms with Gasteiger partial charge in [0.1, 0.15) is 0 Å². The third-order valence-corrected chi connectivity index (χ3v) is 5.25. The van der Waals surface area contributed by atoms with Gasteiger partial charge in [-0.05, 0) is 33.9 Å². The Morgan fingerprint density at radius 3 is 1.72 bits per heavy atom. The van der Waals surface area contributed by atoms with Crippen LogP contribution >= 0.6 is 0 Å². The van der Waals surface area contributed by atoms with Crippen molar-refractivity contribution in [1.29, 1.82) is 0 Å². The van der Waals surface area contributed by atoms with Crippen molar-refractivity contribution >= 4 is 10.8 Å². The first kappa shape index (κ1) is 15.7. The molecule has 0 radical (unpaired) electrons. The highest BCUT2D eigenvalue weighted by Gasteiger charge is 2.29. The van der Waals surface area contributed by atoms with E-state index in [4.69, 9.17) is 0 Å². The number of hydrogen-bond acceptors (Lipinski definition) is 0. The summed E-state index contributed by atoms with van der Waals surface area (Å²) in [6.07, 6.45) is 0.975. The molecule has 0 amide bonds. The third kappa shape index (κ3) is 2.96. The van der Waals surface area contributed by atoms with Gasteiger partial charge in [-0.3, -0.25) is 0 Å². The Kier molecular flexibility index (Phi) is 4.11. The van der Waals surface area contributed by atoms with Crippen molar-refractivity contribution in [1.82, 2.24) is 0 Å². The minimum absolute atomic E-state index is 0.0629. The van der Waals surface area contributed by atoms with Gasteiger partial charge >= 0.3 is 0 Å². The van der Waals surface area contributed by atoms with Crippen LogP contribution < -0.4 is 0 Å². The highest BCUT2D eigenvalue weighted by Crippen LogP contribution is 2.37. The fraction of sp³-hybridized carbons (Fsp3) is 0.120. The SMILES string of the molecule is CC(Cc1cccc2ccccc12)(c1ccccc1)c1ccccc1. The molecule has 4 rings (SSSR count). The second-order valence-electron chi connectivity index (χ2n) is 6.88. The fourth-order valence-electron chi connectivity index (χ4n) is 3.81. The second-order valence-corrected chi connectivity index (χ2v) is 6.88. The van der Waals surface area contributed by atoms with E-state index in [1.54, 1.807) is 0 Å². The first-order valence-corrected chi connectivity index (χ1v) is 8.85. The normalized spacial score (nSPS) is 11.6. The van der Waals surface area contributed by atoms with Crippen LogP contribution in [0.25, 0.3) is 10.8 Å². The van der Waals surface area contributed by atoms with Gasteiger partial charge in [0.2, 0.25) is 0 Å². The van der Waals surface area contributed by atoms with Crippen LogP contribution in [0.5, 0.6) is 0 Å². The summed E-state index contributed by atoms with van der Waals surface area (Å²) in [7, 11) is 0. The van der Waals surface area contributed by atoms with Gasteiger partial charge in [-0.2, -0.15) is 0 Å². The second kappa shape index (κ2) is 6.57. The van der Waals surface area contributed by atoms with E-state index in [2.05, 4.69) is 110 Å². The average Bonchev–Trinajstić information content (AvgIpc) is 2.69. The molecule has 0 aliphatic heterocycles. The van der Waals surface area contributed by atoms with E-state index in [9.17, 15) is 0 Å². The molecule has 0 heteroatoms. The Morgan fingerprint density at radius 2 is 1.08 bits per heavy atom. The van der Waals surface area contributed by atoms with Gasteiger partial charge < -0.3 is 0 Å². The maximum absolute atomic E-state index is 2.36. The van der Waals surface area contributed by atoms with Gasteiger partial charge in [-0.15, -0.1) is 0 Å². The summed E-state index contributed by atoms with van der Waals surface area (Å²) in [4.78, 5) is 0. The van der Waals surface area contributed by atoms with Crippen LogP contribution in [0.1, 0.15) is 23.6 Å². The molecule has 0 saturated heterocycles. The smallest absolute Gasteiger partial charge is 0.0215 e. The van der Waals surface area contributed by atoms with Crippen molar-refractivity contribution < 1.29 is 0 Å². The highest BCUT2D eigenvalue weighted by atomic mass is 14.3. The first-order valence-electron chi connectivity index (χ1n) is 8.85. The van der Waals surface area contributed by atoms with E-state index in [-0.39, 0.29) is 5.41 Å². The van der Waals surface area contributed by atoms with E-state index in [1.165, 1.54) is 27.5 Å². The minimum atomic E-state index is -0.0629. The van der Waals surface area contributed by atoms with Gasteiger partial charge in [0.25, 0.3) is 0 Å². The molecule has 0 bridgehead atoms. The maximum atomic E-state index is 2.36. The monoisotopic (exact) mass is 322 g/mol. The van der Waals surface area contributed by atoms with Crippen LogP contribution in [0.3, 0.4) is 0 Å². The van der Waals surface area contributed by atoms with E-state index >= 15 is 0 Å². The van der Waals surface area contributed by atoms with Gasteiger partial charge in [0.05, 0.1) is 0 Å². The Morgan fingerprint density at radius 1 is 0.560 bits per heavy atom. The van der Waals surface area contributed by atoms with Crippen molar-refractivity contribution in [2.24, 2.45) is 0 Å². The summed E-state index contributed by atoms with van der Waals surface area (Å²) in [5.74, 6) is 0. The standard InChI is InChI=1S/C25H22/c1-25(22-14-4-2-5-15-22,23-16-6-3-7-17-23)19-21-13-10-12-20-11-8-9-18-24(20)21/h2-18H,19H2,1H3. The zero-order chi connectivity index (χ0) is 17.1. The summed E-state index contributed by atoms with van der Waals surface area (Å²) in [5, 5.41) is 2.66. The molecular weight excluding hydrogens is 300 g/mol. The molecule has 4 aromatic carbocycles. The highest BCUT2D eigenvalue weighted by molar-refractivity contribution is 5.85. The lowest BCUT2D eigenvalue weighted by Gasteiger charge is -2.32. The number of benzene rings is 4. The average molecular weight is 322 g/mol. The lowest BCUT2D eigenvalue weighted by molar-refractivity contribution is 0.569. The molecule has 0 aromatic heterocycles. The van der Waals surface area contributed by atoms with Crippen molar-refractivity contribution in [2.75, 3.05) is 0 Å². The molecule has 0 aliphatic carbocycles. The summed E-state index contributed by atoms with van der Waals surface area (Å²) in [6, 6.07) is 37.0. The summed E-state index contributed by atoms with van der Waals surface area (Å²) >= 11 is 0. The predicted octanol–water partition coefficient (Wildman–Crippen LogP) is 6.39. The Balaban J connectivity index is 1.87. The van der Waals surface area contributed by atoms with Gasteiger partial charge in [-0.25, -0.2) is 0 Å². The van der Waals surface area contributed by atoms with Crippen molar-refractivity contribution in [3.8, 4) is 0 Å². The molecule has 0 unspecified atom stereocenters. The van der Waals surface area contributed by atoms with Crippen LogP contribution in [0.4, 0.5) is 0 Å². The molecular formula is C25H22. The molecule has 0 heterocycles. The van der Waals surface area contributed by atoms with Crippen molar-refractivity contribution in [2.45, 2.75) is 18.8 Å². The van der Waals surface area contributed by atoms with Gasteiger partial charge in [-0.1, -0.05) is 110 Å². The van der Waals surface area contributed by atoms with E-state index < -0.39 is 0 Å². The summed E-state index contributed by atoms with van der Waals surface area (Å²) < 4.78 is 0. The minimum Gasteiger partial charge on any atom is -0.0622 e. The van der Waals surface area contributed by atoms with E-state index in [0.717, 1.165) is 6.42 Å². The Hall–Kier alpha value is -2.86. The lowest BCUT2D eigenvalue weighted by atomic mass is 9.71. The third-order valence-electron chi connectivity index (χ3n) is 5.25.